The summed E-state index contributed by atoms with van der Waals surface area (Å²) in [4.78, 5) is 11.4. The molecule has 0 unspecified atom stereocenters. The highest BCUT2D eigenvalue weighted by molar-refractivity contribution is 7.89. The highest BCUT2D eigenvalue weighted by Gasteiger charge is 2.23. The molecule has 2 aromatic carbocycles. The average Bonchev–Trinajstić information content (AvgIpc) is 2.66. The number of carbonyl (C=O) groups excluding carboxylic acids is 1. The molecule has 1 amide bonds. The number of methoxy groups -OCH3 is 1. The van der Waals surface area contributed by atoms with E-state index in [-0.39, 0.29) is 17.3 Å². The molecule has 0 saturated heterocycles. The van der Waals surface area contributed by atoms with Gasteiger partial charge in [-0.15, -0.1) is 0 Å². The van der Waals surface area contributed by atoms with Crippen molar-refractivity contribution in [2.24, 2.45) is 0 Å². The van der Waals surface area contributed by atoms with Crippen molar-refractivity contribution in [3.63, 3.8) is 0 Å². The van der Waals surface area contributed by atoms with E-state index in [1.54, 1.807) is 24.3 Å². The maximum Gasteiger partial charge on any atom is 0.243 e. The molecule has 0 saturated carbocycles. The van der Waals surface area contributed by atoms with Gasteiger partial charge in [-0.2, -0.15) is 4.31 Å². The highest BCUT2D eigenvalue weighted by Crippen LogP contribution is 2.29. The third kappa shape index (κ3) is 5.34. The molecule has 0 aliphatic carbocycles. The topological polar surface area (TPSA) is 84.9 Å². The van der Waals surface area contributed by atoms with Crippen molar-refractivity contribution in [2.45, 2.75) is 18.4 Å². The Kier molecular flexibility index (Phi) is 7.19. The van der Waals surface area contributed by atoms with Crippen molar-refractivity contribution in [3.05, 3.63) is 60.7 Å². The van der Waals surface area contributed by atoms with Crippen molar-refractivity contribution in [3.8, 4) is 11.5 Å². The predicted octanol–water partition coefficient (Wildman–Crippen LogP) is 3.04. The van der Waals surface area contributed by atoms with Crippen molar-refractivity contribution in [2.75, 3.05) is 26.1 Å². The van der Waals surface area contributed by atoms with Crippen LogP contribution in [0.5, 0.6) is 11.5 Å². The molecule has 8 heteroatoms. The number of carbonyl (C=O) groups is 1. The van der Waals surface area contributed by atoms with Gasteiger partial charge >= 0.3 is 0 Å². The Morgan fingerprint density at radius 3 is 2.64 bits per heavy atom. The number of benzene rings is 2. The number of hydrogen-bond donors (Lipinski definition) is 1. The molecule has 0 atom stereocenters. The van der Waals surface area contributed by atoms with E-state index in [0.29, 0.717) is 23.8 Å². The zero-order valence-corrected chi connectivity index (χ0v) is 17.0. The van der Waals surface area contributed by atoms with Crippen LogP contribution in [0.2, 0.25) is 0 Å². The first kappa shape index (κ1) is 21.5. The Labute approximate surface area is 165 Å². The lowest BCUT2D eigenvalue weighted by Crippen LogP contribution is -2.26. The van der Waals surface area contributed by atoms with E-state index in [2.05, 4.69) is 11.9 Å². The maximum atomic E-state index is 13.0. The standard InChI is InChI=1S/C20H24N2O5S/c1-5-11-27-17-8-6-7-16(12-17)14-22(3)28(24,25)18-9-10-20(26-4)19(13-18)21-15(2)23/h5-10,12-13H,1,11,14H2,2-4H3,(H,21,23). The predicted molar refractivity (Wildman–Crippen MR) is 108 cm³/mol. The normalized spacial score (nSPS) is 11.1. The summed E-state index contributed by atoms with van der Waals surface area (Å²) in [6.45, 7) is 5.48. The maximum absolute atomic E-state index is 13.0. The van der Waals surface area contributed by atoms with Crippen LogP contribution < -0.4 is 14.8 Å². The smallest absolute Gasteiger partial charge is 0.243 e. The third-order valence-electron chi connectivity index (χ3n) is 3.86. The van der Waals surface area contributed by atoms with Crippen molar-refractivity contribution in [1.82, 2.24) is 4.31 Å². The summed E-state index contributed by atoms with van der Waals surface area (Å²) in [5, 5.41) is 2.58. The van der Waals surface area contributed by atoms with Gasteiger partial charge in [0.2, 0.25) is 15.9 Å². The molecule has 0 aliphatic rings. The molecule has 150 valence electrons. The van der Waals surface area contributed by atoms with E-state index < -0.39 is 10.0 Å². The molecular formula is C20H24N2O5S. The first-order valence-electron chi connectivity index (χ1n) is 8.52. The monoisotopic (exact) mass is 404 g/mol. The summed E-state index contributed by atoms with van der Waals surface area (Å²) in [5.41, 5.74) is 1.08. The molecule has 2 aromatic rings. The molecule has 0 spiro atoms. The quantitative estimate of drug-likeness (QED) is 0.650. The number of anilines is 1. The number of nitrogens with one attached hydrogen (secondary N) is 1. The summed E-state index contributed by atoms with van der Waals surface area (Å²) >= 11 is 0. The van der Waals surface area contributed by atoms with Gasteiger partial charge < -0.3 is 14.8 Å². The molecule has 0 radical (unpaired) electrons. The van der Waals surface area contributed by atoms with Gasteiger partial charge in [-0.1, -0.05) is 24.8 Å². The Balaban J connectivity index is 2.26. The summed E-state index contributed by atoms with van der Waals surface area (Å²) in [5.74, 6) is 0.696. The minimum atomic E-state index is -3.78. The Morgan fingerprint density at radius 1 is 1.25 bits per heavy atom. The summed E-state index contributed by atoms with van der Waals surface area (Å²) in [7, 11) is -0.839. The second-order valence-corrected chi connectivity index (χ2v) is 8.10. The van der Waals surface area contributed by atoms with Crippen LogP contribution in [0, 0.1) is 0 Å². The van der Waals surface area contributed by atoms with Crippen LogP contribution >= 0.6 is 0 Å². The van der Waals surface area contributed by atoms with Crippen molar-refractivity contribution < 1.29 is 22.7 Å². The van der Waals surface area contributed by atoms with Gasteiger partial charge in [0.25, 0.3) is 0 Å². The largest absolute Gasteiger partial charge is 0.495 e. The fourth-order valence-corrected chi connectivity index (χ4v) is 3.73. The molecule has 2 rings (SSSR count). The second kappa shape index (κ2) is 9.38. The summed E-state index contributed by atoms with van der Waals surface area (Å²) in [6.07, 6.45) is 1.64. The van der Waals surface area contributed by atoms with Crippen LogP contribution in [0.15, 0.2) is 60.0 Å². The fourth-order valence-electron chi connectivity index (χ4n) is 2.55. The van der Waals surface area contributed by atoms with Gasteiger partial charge in [-0.3, -0.25) is 4.79 Å². The fraction of sp³-hybridized carbons (Fsp3) is 0.250. The van der Waals surface area contributed by atoms with E-state index in [1.165, 1.54) is 43.6 Å². The van der Waals surface area contributed by atoms with Crippen LogP contribution in [-0.2, 0) is 21.4 Å². The highest BCUT2D eigenvalue weighted by atomic mass is 32.2. The Bertz CT molecular complexity index is 957. The van der Waals surface area contributed by atoms with Crippen LogP contribution in [0.1, 0.15) is 12.5 Å². The first-order valence-corrected chi connectivity index (χ1v) is 9.96. The number of nitrogens with zero attached hydrogens (tertiary/aromatic N) is 1. The van der Waals surface area contributed by atoms with E-state index in [9.17, 15) is 13.2 Å². The zero-order valence-electron chi connectivity index (χ0n) is 16.1. The molecule has 0 aliphatic heterocycles. The number of sulfonamides is 1. The summed E-state index contributed by atoms with van der Waals surface area (Å²) in [6, 6.07) is 11.5. The molecule has 0 aromatic heterocycles. The lowest BCUT2D eigenvalue weighted by molar-refractivity contribution is -0.114. The van der Waals surface area contributed by atoms with E-state index in [4.69, 9.17) is 9.47 Å². The number of amides is 1. The Hall–Kier alpha value is -2.84. The molecule has 7 nitrogen and oxygen atoms in total. The molecule has 0 bridgehead atoms. The SMILES string of the molecule is C=CCOc1cccc(CN(C)S(=O)(=O)c2ccc(OC)c(NC(C)=O)c2)c1. The number of ether oxygens (including phenoxy) is 2. The molecular weight excluding hydrogens is 380 g/mol. The molecule has 0 heterocycles. The second-order valence-electron chi connectivity index (χ2n) is 6.05. The van der Waals surface area contributed by atoms with Gasteiger partial charge in [0.05, 0.1) is 17.7 Å². The lowest BCUT2D eigenvalue weighted by Gasteiger charge is -2.19. The molecule has 28 heavy (non-hydrogen) atoms. The van der Waals surface area contributed by atoms with Gasteiger partial charge in [-0.25, -0.2) is 8.42 Å². The average molecular weight is 404 g/mol. The van der Waals surface area contributed by atoms with Crippen LogP contribution in [0.25, 0.3) is 0 Å². The van der Waals surface area contributed by atoms with Gasteiger partial charge in [-0.05, 0) is 35.9 Å². The van der Waals surface area contributed by atoms with E-state index >= 15 is 0 Å². The van der Waals surface area contributed by atoms with Crippen molar-refractivity contribution in [1.29, 1.82) is 0 Å². The molecule has 0 fully saturated rings. The van der Waals surface area contributed by atoms with E-state index in [0.717, 1.165) is 5.56 Å². The lowest BCUT2D eigenvalue weighted by atomic mass is 10.2. The van der Waals surface area contributed by atoms with Crippen molar-refractivity contribution >= 4 is 21.6 Å². The minimum Gasteiger partial charge on any atom is -0.495 e. The first-order chi connectivity index (χ1) is 13.3. The van der Waals surface area contributed by atoms with E-state index in [1.807, 2.05) is 6.07 Å². The third-order valence-corrected chi connectivity index (χ3v) is 5.66. The van der Waals surface area contributed by atoms with Crippen LogP contribution in [0.4, 0.5) is 5.69 Å². The van der Waals surface area contributed by atoms with Gasteiger partial charge in [0, 0.05) is 20.5 Å². The number of hydrogen-bond acceptors (Lipinski definition) is 5. The minimum absolute atomic E-state index is 0.0543. The van der Waals surface area contributed by atoms with Crippen LogP contribution in [0.3, 0.4) is 0 Å². The van der Waals surface area contributed by atoms with Gasteiger partial charge in [0.15, 0.2) is 0 Å². The Morgan fingerprint density at radius 2 is 2.00 bits per heavy atom. The van der Waals surface area contributed by atoms with Gasteiger partial charge in [0.1, 0.15) is 18.1 Å². The molecule has 1 N–H and O–H groups in total. The summed E-state index contributed by atoms with van der Waals surface area (Å²) < 4.78 is 37.8. The zero-order chi connectivity index (χ0) is 20.7. The number of rotatable bonds is 9. The van der Waals surface area contributed by atoms with Crippen LogP contribution in [-0.4, -0.2) is 39.4 Å².